The van der Waals surface area contributed by atoms with Crippen LogP contribution in [-0.2, 0) is 38.6 Å². The summed E-state index contributed by atoms with van der Waals surface area (Å²) in [6.45, 7) is 0.451. The number of ketones is 1. The Labute approximate surface area is 222 Å². The second-order valence-electron chi connectivity index (χ2n) is 9.36. The quantitative estimate of drug-likeness (QED) is 0.287. The maximum atomic E-state index is 13.7. The van der Waals surface area contributed by atoms with Crippen LogP contribution in [0.25, 0.3) is 0 Å². The average Bonchev–Trinajstić information content (AvgIpc) is 3.40. The number of hydrogen-bond acceptors (Lipinski definition) is 5. The first-order valence-electron chi connectivity index (χ1n) is 12.9. The number of benzene rings is 2. The van der Waals surface area contributed by atoms with E-state index < -0.39 is 23.8 Å². The Morgan fingerprint density at radius 2 is 1.63 bits per heavy atom. The Hall–Kier alpha value is -4.33. The van der Waals surface area contributed by atoms with Gasteiger partial charge in [-0.15, -0.1) is 0 Å². The van der Waals surface area contributed by atoms with E-state index in [2.05, 4.69) is 15.6 Å². The molecule has 1 unspecified atom stereocenters. The lowest BCUT2D eigenvalue weighted by atomic mass is 9.98. The van der Waals surface area contributed by atoms with E-state index in [1.54, 1.807) is 6.20 Å². The number of aryl methyl sites for hydroxylation is 1. The standard InChI is InChI=1S/C30H32N4O4/c35-27-17-16-25(33-27)30(38)34(21-23-12-5-2-6-13-23)26(20-22-10-3-1-4-11-22)28(36)29(37)32-19-9-15-24-14-7-8-18-31-24/h1-8,10-14,18,25-26H,9,15-17,19-21H2,(H,32,37)(H,33,35)/t25-,26?/m0/s1. The van der Waals surface area contributed by atoms with Crippen molar-refractivity contribution < 1.29 is 19.2 Å². The first-order valence-corrected chi connectivity index (χ1v) is 12.9. The number of nitrogens with one attached hydrogen (secondary N) is 2. The van der Waals surface area contributed by atoms with E-state index in [9.17, 15) is 19.2 Å². The van der Waals surface area contributed by atoms with E-state index in [0.29, 0.717) is 25.8 Å². The number of Topliss-reactive ketones (excluding diaryl/α,β-unsaturated/α-hetero) is 1. The molecule has 1 aliphatic rings. The summed E-state index contributed by atoms with van der Waals surface area (Å²) in [5, 5.41) is 5.45. The highest BCUT2D eigenvalue weighted by molar-refractivity contribution is 6.38. The molecule has 1 saturated heterocycles. The van der Waals surface area contributed by atoms with Crippen LogP contribution in [0.3, 0.4) is 0 Å². The molecule has 1 fully saturated rings. The zero-order valence-electron chi connectivity index (χ0n) is 21.2. The van der Waals surface area contributed by atoms with Crippen molar-refractivity contribution in [3.63, 3.8) is 0 Å². The maximum Gasteiger partial charge on any atom is 0.289 e. The van der Waals surface area contributed by atoms with Gasteiger partial charge in [0.25, 0.3) is 5.91 Å². The number of aromatic nitrogens is 1. The third-order valence-electron chi connectivity index (χ3n) is 6.57. The molecule has 196 valence electrons. The summed E-state index contributed by atoms with van der Waals surface area (Å²) in [5.41, 5.74) is 2.56. The Morgan fingerprint density at radius 1 is 0.947 bits per heavy atom. The lowest BCUT2D eigenvalue weighted by molar-refractivity contribution is -0.147. The number of rotatable bonds is 12. The van der Waals surface area contributed by atoms with E-state index in [-0.39, 0.29) is 31.2 Å². The summed E-state index contributed by atoms with van der Waals surface area (Å²) in [4.78, 5) is 58.0. The molecule has 2 N–H and O–H groups in total. The predicted octanol–water partition coefficient (Wildman–Crippen LogP) is 2.62. The van der Waals surface area contributed by atoms with Crippen LogP contribution >= 0.6 is 0 Å². The van der Waals surface area contributed by atoms with Crippen LogP contribution < -0.4 is 10.6 Å². The molecule has 2 heterocycles. The van der Waals surface area contributed by atoms with Gasteiger partial charge in [0.05, 0.1) is 0 Å². The Bertz CT molecular complexity index is 1230. The molecule has 4 rings (SSSR count). The van der Waals surface area contributed by atoms with E-state index >= 15 is 0 Å². The van der Waals surface area contributed by atoms with Gasteiger partial charge in [-0.25, -0.2) is 0 Å². The minimum atomic E-state index is -1.03. The van der Waals surface area contributed by atoms with Crippen LogP contribution in [0.15, 0.2) is 85.1 Å². The largest absolute Gasteiger partial charge is 0.349 e. The summed E-state index contributed by atoms with van der Waals surface area (Å²) in [7, 11) is 0. The minimum Gasteiger partial charge on any atom is -0.349 e. The lowest BCUT2D eigenvalue weighted by Crippen LogP contribution is -2.55. The molecule has 8 heteroatoms. The van der Waals surface area contributed by atoms with Crippen molar-refractivity contribution in [2.24, 2.45) is 0 Å². The van der Waals surface area contributed by atoms with E-state index in [4.69, 9.17) is 0 Å². The van der Waals surface area contributed by atoms with Gasteiger partial charge >= 0.3 is 0 Å². The molecular weight excluding hydrogens is 480 g/mol. The maximum absolute atomic E-state index is 13.7. The van der Waals surface area contributed by atoms with Gasteiger partial charge < -0.3 is 15.5 Å². The summed E-state index contributed by atoms with van der Waals surface area (Å²) < 4.78 is 0. The number of hydrogen-bond donors (Lipinski definition) is 2. The highest BCUT2D eigenvalue weighted by atomic mass is 16.2. The first-order chi connectivity index (χ1) is 18.5. The number of amides is 3. The van der Waals surface area contributed by atoms with Crippen molar-refractivity contribution in [2.45, 2.75) is 50.7 Å². The van der Waals surface area contributed by atoms with Crippen LogP contribution in [0.4, 0.5) is 0 Å². The summed E-state index contributed by atoms with van der Waals surface area (Å²) in [6, 6.07) is 22.6. The molecule has 0 spiro atoms. The van der Waals surface area contributed by atoms with Gasteiger partial charge in [-0.3, -0.25) is 24.2 Å². The van der Waals surface area contributed by atoms with Crippen molar-refractivity contribution >= 4 is 23.5 Å². The van der Waals surface area contributed by atoms with Gasteiger partial charge in [0.1, 0.15) is 12.1 Å². The van der Waals surface area contributed by atoms with E-state index in [0.717, 1.165) is 16.8 Å². The fraction of sp³-hybridized carbons (Fsp3) is 0.300. The van der Waals surface area contributed by atoms with Crippen molar-refractivity contribution in [1.29, 1.82) is 0 Å². The lowest BCUT2D eigenvalue weighted by Gasteiger charge is -2.33. The smallest absolute Gasteiger partial charge is 0.289 e. The first kappa shape index (κ1) is 26.7. The highest BCUT2D eigenvalue weighted by Crippen LogP contribution is 2.19. The normalized spacial score (nSPS) is 15.4. The van der Waals surface area contributed by atoms with Gasteiger partial charge in [-0.1, -0.05) is 66.7 Å². The fourth-order valence-electron chi connectivity index (χ4n) is 4.56. The molecule has 2 aromatic carbocycles. The van der Waals surface area contributed by atoms with E-state index in [1.807, 2.05) is 78.9 Å². The third-order valence-corrected chi connectivity index (χ3v) is 6.57. The Morgan fingerprint density at radius 3 is 2.26 bits per heavy atom. The third kappa shape index (κ3) is 7.35. The molecule has 0 aliphatic carbocycles. The zero-order chi connectivity index (χ0) is 26.7. The zero-order valence-corrected chi connectivity index (χ0v) is 21.2. The average molecular weight is 513 g/mol. The molecule has 1 aliphatic heterocycles. The molecule has 3 aromatic rings. The van der Waals surface area contributed by atoms with Crippen LogP contribution in [0.1, 0.15) is 36.1 Å². The molecule has 2 atom stereocenters. The van der Waals surface area contributed by atoms with Gasteiger partial charge in [0, 0.05) is 37.8 Å². The molecule has 0 bridgehead atoms. The molecule has 38 heavy (non-hydrogen) atoms. The number of pyridine rings is 1. The van der Waals surface area contributed by atoms with Gasteiger partial charge in [0.15, 0.2) is 0 Å². The van der Waals surface area contributed by atoms with Gasteiger partial charge in [-0.05, 0) is 42.5 Å². The van der Waals surface area contributed by atoms with Crippen molar-refractivity contribution in [3.05, 3.63) is 102 Å². The fourth-order valence-corrected chi connectivity index (χ4v) is 4.56. The Kier molecular flexibility index (Phi) is 9.34. The van der Waals surface area contributed by atoms with Crippen LogP contribution in [0.5, 0.6) is 0 Å². The predicted molar refractivity (Wildman–Crippen MR) is 143 cm³/mol. The molecule has 0 radical (unpaired) electrons. The topological polar surface area (TPSA) is 108 Å². The monoisotopic (exact) mass is 512 g/mol. The molecule has 3 amide bonds. The summed E-state index contributed by atoms with van der Waals surface area (Å²) in [6.07, 6.45) is 3.80. The number of carbonyl (C=O) groups excluding carboxylic acids is 4. The molecule has 8 nitrogen and oxygen atoms in total. The van der Waals surface area contributed by atoms with Crippen molar-refractivity contribution in [1.82, 2.24) is 20.5 Å². The summed E-state index contributed by atoms with van der Waals surface area (Å²) in [5.74, 6) is -1.97. The number of carbonyl (C=O) groups is 4. The second kappa shape index (κ2) is 13.3. The van der Waals surface area contributed by atoms with Crippen LogP contribution in [0, 0.1) is 0 Å². The van der Waals surface area contributed by atoms with Crippen LogP contribution in [0.2, 0.25) is 0 Å². The van der Waals surface area contributed by atoms with Gasteiger partial charge in [0.2, 0.25) is 17.6 Å². The molecular formula is C30H32N4O4. The van der Waals surface area contributed by atoms with E-state index in [1.165, 1.54) is 4.90 Å². The highest BCUT2D eigenvalue weighted by Gasteiger charge is 2.38. The second-order valence-corrected chi connectivity index (χ2v) is 9.36. The summed E-state index contributed by atoms with van der Waals surface area (Å²) >= 11 is 0. The minimum absolute atomic E-state index is 0.141. The molecule has 0 saturated carbocycles. The van der Waals surface area contributed by atoms with Crippen molar-refractivity contribution in [2.75, 3.05) is 6.54 Å². The van der Waals surface area contributed by atoms with Crippen LogP contribution in [-0.4, -0.2) is 52.0 Å². The SMILES string of the molecule is O=C1CC[C@@H](C(=O)N(Cc2ccccc2)C(Cc2ccccc2)C(=O)C(=O)NCCCc2ccccn2)N1. The molecule has 1 aromatic heterocycles. The number of nitrogens with zero attached hydrogens (tertiary/aromatic N) is 2. The van der Waals surface area contributed by atoms with Gasteiger partial charge in [-0.2, -0.15) is 0 Å². The van der Waals surface area contributed by atoms with Crippen molar-refractivity contribution in [3.8, 4) is 0 Å². The Balaban J connectivity index is 1.54.